The third kappa shape index (κ3) is 6.21. The van der Waals surface area contributed by atoms with E-state index in [2.05, 4.69) is 46.7 Å². The van der Waals surface area contributed by atoms with Crippen LogP contribution in [-0.4, -0.2) is 24.0 Å². The Bertz CT molecular complexity index is 578. The van der Waals surface area contributed by atoms with Crippen LogP contribution in [0.3, 0.4) is 0 Å². The molecule has 7 heteroatoms. The van der Waals surface area contributed by atoms with Gasteiger partial charge in [-0.25, -0.2) is 4.98 Å². The quantitative estimate of drug-likeness (QED) is 0.386. The Balaban J connectivity index is 0.00000242. The van der Waals surface area contributed by atoms with Crippen LogP contribution in [0.4, 0.5) is 0 Å². The zero-order valence-corrected chi connectivity index (χ0v) is 16.9. The highest BCUT2D eigenvalue weighted by Gasteiger charge is 2.05. The van der Waals surface area contributed by atoms with Gasteiger partial charge in [-0.2, -0.15) is 0 Å². The first-order valence-corrected chi connectivity index (χ1v) is 8.90. The summed E-state index contributed by atoms with van der Waals surface area (Å²) in [6.07, 6.45) is 2.84. The number of guanidine groups is 1. The van der Waals surface area contributed by atoms with Crippen LogP contribution in [0.2, 0.25) is 0 Å². The monoisotopic (exact) mass is 450 g/mol. The van der Waals surface area contributed by atoms with Crippen LogP contribution < -0.4 is 11.1 Å². The van der Waals surface area contributed by atoms with Gasteiger partial charge < -0.3 is 11.1 Å². The van der Waals surface area contributed by atoms with Crippen molar-refractivity contribution in [3.8, 4) is 0 Å². The maximum absolute atomic E-state index is 5.86. The predicted octanol–water partition coefficient (Wildman–Crippen LogP) is 3.38. The molecule has 0 atom stereocenters. The molecule has 4 nitrogen and oxygen atoms in total. The Hall–Kier alpha value is -0.670. The number of aryl methyl sites for hydroxylation is 2. The summed E-state index contributed by atoms with van der Waals surface area (Å²) in [6.45, 7) is 5.78. The summed E-state index contributed by atoms with van der Waals surface area (Å²) in [5.74, 6) is 0.524. The lowest BCUT2D eigenvalue weighted by atomic mass is 10.3. The van der Waals surface area contributed by atoms with Crippen molar-refractivity contribution in [2.24, 2.45) is 10.7 Å². The van der Waals surface area contributed by atoms with Gasteiger partial charge in [0.2, 0.25) is 0 Å². The first kappa shape index (κ1) is 19.4. The number of hydrogen-bond acceptors (Lipinski definition) is 4. The number of halogens is 1. The van der Waals surface area contributed by atoms with Crippen molar-refractivity contribution in [2.75, 3.05) is 13.1 Å². The number of nitrogens with zero attached hydrogens (tertiary/aromatic N) is 2. The van der Waals surface area contributed by atoms with E-state index in [0.29, 0.717) is 12.5 Å². The maximum atomic E-state index is 5.86. The van der Waals surface area contributed by atoms with E-state index in [1.807, 2.05) is 0 Å². The van der Waals surface area contributed by atoms with Gasteiger partial charge in [0, 0.05) is 29.3 Å². The van der Waals surface area contributed by atoms with E-state index in [4.69, 9.17) is 5.73 Å². The lowest BCUT2D eigenvalue weighted by Crippen LogP contribution is -2.33. The lowest BCUT2D eigenvalue weighted by Gasteiger charge is -2.04. The van der Waals surface area contributed by atoms with E-state index in [0.717, 1.165) is 30.8 Å². The van der Waals surface area contributed by atoms with Crippen LogP contribution in [0.5, 0.6) is 0 Å². The zero-order chi connectivity index (χ0) is 15.1. The molecular weight excluding hydrogens is 427 g/mol. The summed E-state index contributed by atoms with van der Waals surface area (Å²) in [7, 11) is 0. The van der Waals surface area contributed by atoms with Gasteiger partial charge in [-0.15, -0.1) is 46.7 Å². The summed E-state index contributed by atoms with van der Waals surface area (Å²) in [5.41, 5.74) is 7.07. The topological polar surface area (TPSA) is 63.3 Å². The molecule has 0 bridgehead atoms. The van der Waals surface area contributed by atoms with Gasteiger partial charge in [-0.3, -0.25) is 4.99 Å². The minimum absolute atomic E-state index is 0. The van der Waals surface area contributed by atoms with Gasteiger partial charge in [0.15, 0.2) is 5.96 Å². The smallest absolute Gasteiger partial charge is 0.188 e. The van der Waals surface area contributed by atoms with Crippen molar-refractivity contribution < 1.29 is 0 Å². The average Bonchev–Trinajstić information content (AvgIpc) is 3.08. The molecule has 2 aromatic rings. The Morgan fingerprint density at radius 3 is 2.86 bits per heavy atom. The Morgan fingerprint density at radius 2 is 2.23 bits per heavy atom. The predicted molar refractivity (Wildman–Crippen MR) is 108 cm³/mol. The molecule has 0 unspecified atom stereocenters. The molecule has 122 valence electrons. The van der Waals surface area contributed by atoms with E-state index in [9.17, 15) is 0 Å². The van der Waals surface area contributed by atoms with Crippen LogP contribution in [0.1, 0.15) is 27.4 Å². The molecule has 2 aromatic heterocycles. The zero-order valence-electron chi connectivity index (χ0n) is 13.0. The Labute approximate surface area is 157 Å². The van der Waals surface area contributed by atoms with Crippen LogP contribution >= 0.6 is 46.7 Å². The lowest BCUT2D eigenvalue weighted by molar-refractivity contribution is 0.849. The Morgan fingerprint density at radius 1 is 1.41 bits per heavy atom. The third-order valence-corrected chi connectivity index (χ3v) is 5.15. The molecule has 0 amide bonds. The van der Waals surface area contributed by atoms with Gasteiger partial charge in [0.05, 0.1) is 10.7 Å². The standard InChI is InChI=1S/C15H22N4S2.HI/c1-3-13-11(2)21-14(19-13)7-9-18-15(16)17-8-6-12-5-4-10-20-12;/h4-5,10H,3,6-9H2,1-2H3,(H3,16,17,18);1H. The highest BCUT2D eigenvalue weighted by Crippen LogP contribution is 2.18. The summed E-state index contributed by atoms with van der Waals surface area (Å²) >= 11 is 3.53. The van der Waals surface area contributed by atoms with Crippen LogP contribution in [0, 0.1) is 6.92 Å². The molecule has 3 N–H and O–H groups in total. The van der Waals surface area contributed by atoms with Gasteiger partial charge in [-0.1, -0.05) is 13.0 Å². The van der Waals surface area contributed by atoms with Crippen molar-refractivity contribution in [3.05, 3.63) is 38.0 Å². The molecule has 0 aliphatic carbocycles. The molecule has 0 saturated heterocycles. The highest BCUT2D eigenvalue weighted by molar-refractivity contribution is 14.0. The minimum Gasteiger partial charge on any atom is -0.370 e. The fourth-order valence-electron chi connectivity index (χ4n) is 2.02. The summed E-state index contributed by atoms with van der Waals surface area (Å²) < 4.78 is 0. The molecule has 0 aromatic carbocycles. The van der Waals surface area contributed by atoms with E-state index < -0.39 is 0 Å². The normalized spacial score (nSPS) is 11.3. The molecule has 0 radical (unpaired) electrons. The van der Waals surface area contributed by atoms with Crippen molar-refractivity contribution in [1.29, 1.82) is 0 Å². The summed E-state index contributed by atoms with van der Waals surface area (Å²) in [6, 6.07) is 4.20. The van der Waals surface area contributed by atoms with Crippen LogP contribution in [0.15, 0.2) is 22.5 Å². The highest BCUT2D eigenvalue weighted by atomic mass is 127. The van der Waals surface area contributed by atoms with E-state index in [1.165, 1.54) is 15.4 Å². The largest absolute Gasteiger partial charge is 0.370 e. The van der Waals surface area contributed by atoms with E-state index >= 15 is 0 Å². The second-order valence-corrected chi connectivity index (χ2v) is 7.06. The molecule has 22 heavy (non-hydrogen) atoms. The fraction of sp³-hybridized carbons (Fsp3) is 0.467. The number of nitrogens with two attached hydrogens (primary N) is 1. The summed E-state index contributed by atoms with van der Waals surface area (Å²) in [5, 5.41) is 6.40. The van der Waals surface area contributed by atoms with Gasteiger partial charge in [-0.05, 0) is 31.2 Å². The number of thiophene rings is 1. The molecule has 2 rings (SSSR count). The van der Waals surface area contributed by atoms with Gasteiger partial charge in [0.25, 0.3) is 0 Å². The molecule has 0 saturated carbocycles. The molecule has 0 spiro atoms. The first-order chi connectivity index (χ1) is 10.2. The molecule has 0 aliphatic rings. The molecule has 2 heterocycles. The van der Waals surface area contributed by atoms with Gasteiger partial charge in [0.1, 0.15) is 0 Å². The summed E-state index contributed by atoms with van der Waals surface area (Å²) in [4.78, 5) is 11.6. The maximum Gasteiger partial charge on any atom is 0.188 e. The molecular formula is C15H23IN4S2. The second-order valence-electron chi connectivity index (χ2n) is 4.74. The van der Waals surface area contributed by atoms with Crippen molar-refractivity contribution in [2.45, 2.75) is 33.1 Å². The SMILES string of the molecule is CCc1nc(CCN=C(N)NCCc2cccs2)sc1C.I. The van der Waals surface area contributed by atoms with Crippen LogP contribution in [0.25, 0.3) is 0 Å². The first-order valence-electron chi connectivity index (χ1n) is 7.20. The number of aromatic nitrogens is 1. The number of nitrogens with one attached hydrogen (secondary N) is 1. The van der Waals surface area contributed by atoms with Gasteiger partial charge >= 0.3 is 0 Å². The van der Waals surface area contributed by atoms with Crippen LogP contribution in [-0.2, 0) is 19.3 Å². The fourth-order valence-corrected chi connectivity index (χ4v) is 3.74. The second kappa shape index (κ2) is 10.2. The molecule has 0 aliphatic heterocycles. The number of rotatable bonds is 7. The number of aliphatic imine (C=N–C) groups is 1. The third-order valence-electron chi connectivity index (χ3n) is 3.14. The number of thiazole rings is 1. The number of hydrogen-bond donors (Lipinski definition) is 2. The minimum atomic E-state index is 0. The van der Waals surface area contributed by atoms with Crippen molar-refractivity contribution >= 4 is 52.6 Å². The average molecular weight is 450 g/mol. The van der Waals surface area contributed by atoms with E-state index in [-0.39, 0.29) is 24.0 Å². The van der Waals surface area contributed by atoms with Crippen molar-refractivity contribution in [1.82, 2.24) is 10.3 Å². The molecule has 0 fully saturated rings. The van der Waals surface area contributed by atoms with Crippen molar-refractivity contribution in [3.63, 3.8) is 0 Å². The van der Waals surface area contributed by atoms with E-state index in [1.54, 1.807) is 22.7 Å². The Kier molecular flexibility index (Phi) is 8.96.